The molecule has 0 aliphatic carbocycles. The average Bonchev–Trinajstić information content (AvgIpc) is 2.88. The molecule has 1 aromatic heterocycles. The minimum atomic E-state index is 0.762. The van der Waals surface area contributed by atoms with Gasteiger partial charge in [0.25, 0.3) is 0 Å². The minimum Gasteiger partial charge on any atom is -0.367 e. The summed E-state index contributed by atoms with van der Waals surface area (Å²) in [4.78, 5) is 5.56. The lowest BCUT2D eigenvalue weighted by atomic mass is 10.0. The molecular weight excluding hydrogens is 210 g/mol. The zero-order valence-electron chi connectivity index (χ0n) is 10.9. The molecule has 0 radical (unpaired) electrons. The predicted octanol–water partition coefficient (Wildman–Crippen LogP) is 2.02. The summed E-state index contributed by atoms with van der Waals surface area (Å²) in [5.41, 5.74) is 1.41. The van der Waals surface area contributed by atoms with E-state index in [-0.39, 0.29) is 0 Å². The summed E-state index contributed by atoms with van der Waals surface area (Å²) in [6, 6.07) is 2.93. The summed E-state index contributed by atoms with van der Waals surface area (Å²) < 4.78 is 0. The molecule has 0 saturated carbocycles. The third-order valence-electron chi connectivity index (χ3n) is 3.72. The fourth-order valence-electron chi connectivity index (χ4n) is 2.49. The Kier molecular flexibility index (Phi) is 5.08. The molecule has 1 atom stereocenters. The maximum absolute atomic E-state index is 3.61. The molecule has 0 spiro atoms. The van der Waals surface area contributed by atoms with Crippen LogP contribution in [0.1, 0.15) is 31.2 Å². The average molecular weight is 235 g/mol. The van der Waals surface area contributed by atoms with Crippen LogP contribution in [-0.2, 0) is 6.42 Å². The van der Waals surface area contributed by atoms with E-state index in [2.05, 4.69) is 34.5 Å². The van der Waals surface area contributed by atoms with Crippen molar-refractivity contribution in [2.24, 2.45) is 0 Å². The van der Waals surface area contributed by atoms with Gasteiger partial charge in [-0.3, -0.25) is 0 Å². The molecule has 1 aliphatic heterocycles. The van der Waals surface area contributed by atoms with Crippen molar-refractivity contribution in [1.82, 2.24) is 15.2 Å². The molecule has 1 fully saturated rings. The molecular formula is C14H25N3. The number of H-pyrrole nitrogens is 1. The van der Waals surface area contributed by atoms with Crippen LogP contribution in [0.4, 0.5) is 0 Å². The first-order valence-electron chi connectivity index (χ1n) is 6.88. The van der Waals surface area contributed by atoms with Crippen molar-refractivity contribution in [3.63, 3.8) is 0 Å². The third-order valence-corrected chi connectivity index (χ3v) is 3.72. The molecule has 17 heavy (non-hydrogen) atoms. The van der Waals surface area contributed by atoms with Gasteiger partial charge in [-0.2, -0.15) is 0 Å². The second kappa shape index (κ2) is 6.82. The van der Waals surface area contributed by atoms with Crippen LogP contribution in [0.2, 0.25) is 0 Å². The highest BCUT2D eigenvalue weighted by atomic mass is 15.1. The second-order valence-corrected chi connectivity index (χ2v) is 5.21. The number of aromatic nitrogens is 1. The van der Waals surface area contributed by atoms with E-state index in [1.807, 2.05) is 6.20 Å². The summed E-state index contributed by atoms with van der Waals surface area (Å²) in [6.45, 7) is 3.59. The van der Waals surface area contributed by atoms with Crippen molar-refractivity contribution in [3.8, 4) is 0 Å². The first-order chi connectivity index (χ1) is 8.34. The molecule has 2 heterocycles. The van der Waals surface area contributed by atoms with E-state index in [1.165, 1.54) is 44.3 Å². The van der Waals surface area contributed by atoms with Gasteiger partial charge in [0.15, 0.2) is 0 Å². The number of nitrogens with one attached hydrogen (secondary N) is 2. The number of piperidine rings is 1. The van der Waals surface area contributed by atoms with Crippen molar-refractivity contribution in [2.45, 2.75) is 38.1 Å². The molecule has 2 rings (SSSR count). The summed E-state index contributed by atoms with van der Waals surface area (Å²) in [5.74, 6) is 0. The Labute approximate surface area is 105 Å². The first-order valence-corrected chi connectivity index (χ1v) is 6.88. The number of hydrogen-bond donors (Lipinski definition) is 2. The highest BCUT2D eigenvalue weighted by molar-refractivity contribution is 5.08. The predicted molar refractivity (Wildman–Crippen MR) is 72.3 cm³/mol. The lowest BCUT2D eigenvalue weighted by molar-refractivity contribution is 0.290. The molecule has 1 aliphatic rings. The fraction of sp³-hybridized carbons (Fsp3) is 0.714. The molecule has 0 amide bonds. The van der Waals surface area contributed by atoms with Crippen LogP contribution in [0, 0.1) is 0 Å². The Morgan fingerprint density at radius 2 is 2.29 bits per heavy atom. The molecule has 1 saturated heterocycles. The Bertz CT molecular complexity index is 288. The highest BCUT2D eigenvalue weighted by Gasteiger charge is 2.12. The van der Waals surface area contributed by atoms with Gasteiger partial charge in [0.1, 0.15) is 0 Å². The van der Waals surface area contributed by atoms with Gasteiger partial charge < -0.3 is 15.2 Å². The summed E-state index contributed by atoms with van der Waals surface area (Å²) in [6.07, 6.45) is 10.7. The number of hydrogen-bond acceptors (Lipinski definition) is 2. The van der Waals surface area contributed by atoms with Gasteiger partial charge in [0.2, 0.25) is 0 Å². The highest BCUT2D eigenvalue weighted by Crippen LogP contribution is 2.10. The quantitative estimate of drug-likeness (QED) is 0.790. The van der Waals surface area contributed by atoms with Gasteiger partial charge in [-0.1, -0.05) is 6.42 Å². The van der Waals surface area contributed by atoms with E-state index in [0.717, 1.165) is 19.0 Å². The van der Waals surface area contributed by atoms with Crippen LogP contribution in [0.15, 0.2) is 18.5 Å². The van der Waals surface area contributed by atoms with E-state index in [1.54, 1.807) is 0 Å². The van der Waals surface area contributed by atoms with Crippen molar-refractivity contribution in [3.05, 3.63) is 24.0 Å². The zero-order chi connectivity index (χ0) is 11.9. The largest absolute Gasteiger partial charge is 0.367 e. The van der Waals surface area contributed by atoms with Gasteiger partial charge in [0.05, 0.1) is 0 Å². The molecule has 1 aromatic rings. The monoisotopic (exact) mass is 235 g/mol. The molecule has 0 aromatic carbocycles. The Balaban J connectivity index is 1.58. The zero-order valence-corrected chi connectivity index (χ0v) is 10.9. The summed E-state index contributed by atoms with van der Waals surface area (Å²) in [5, 5.41) is 3.61. The lowest BCUT2D eigenvalue weighted by Crippen LogP contribution is -2.37. The standard InChI is InChI=1S/C14H25N3/c1-17(10-6-13-5-9-15-12-13)11-7-14-4-2-3-8-16-14/h5,9,12,14-16H,2-4,6-8,10-11H2,1H3. The van der Waals surface area contributed by atoms with Crippen LogP contribution in [0.5, 0.6) is 0 Å². The van der Waals surface area contributed by atoms with Crippen molar-refractivity contribution in [1.29, 1.82) is 0 Å². The van der Waals surface area contributed by atoms with Gasteiger partial charge in [-0.25, -0.2) is 0 Å². The number of rotatable bonds is 6. The van der Waals surface area contributed by atoms with Crippen LogP contribution in [0.25, 0.3) is 0 Å². The van der Waals surface area contributed by atoms with Gasteiger partial charge >= 0.3 is 0 Å². The molecule has 96 valence electrons. The van der Waals surface area contributed by atoms with E-state index >= 15 is 0 Å². The maximum atomic E-state index is 3.61. The second-order valence-electron chi connectivity index (χ2n) is 5.21. The summed E-state index contributed by atoms with van der Waals surface area (Å²) in [7, 11) is 2.23. The maximum Gasteiger partial charge on any atom is 0.00792 e. The van der Waals surface area contributed by atoms with E-state index < -0.39 is 0 Å². The Morgan fingerprint density at radius 1 is 1.35 bits per heavy atom. The SMILES string of the molecule is CN(CCc1cc[nH]c1)CCC1CCCCN1. The van der Waals surface area contributed by atoms with E-state index in [9.17, 15) is 0 Å². The molecule has 0 bridgehead atoms. The van der Waals surface area contributed by atoms with Crippen LogP contribution in [0.3, 0.4) is 0 Å². The number of likely N-dealkylation sites (N-methyl/N-ethyl adjacent to an activating group) is 1. The Morgan fingerprint density at radius 3 is 3.00 bits per heavy atom. The summed E-state index contributed by atoms with van der Waals surface area (Å²) >= 11 is 0. The molecule has 3 heteroatoms. The van der Waals surface area contributed by atoms with E-state index in [4.69, 9.17) is 0 Å². The molecule has 2 N–H and O–H groups in total. The third kappa shape index (κ3) is 4.52. The molecule has 3 nitrogen and oxygen atoms in total. The first kappa shape index (κ1) is 12.7. The number of nitrogens with zero attached hydrogens (tertiary/aromatic N) is 1. The van der Waals surface area contributed by atoms with Crippen molar-refractivity contribution in [2.75, 3.05) is 26.7 Å². The Hall–Kier alpha value is -0.800. The van der Waals surface area contributed by atoms with Gasteiger partial charge in [0, 0.05) is 25.0 Å². The van der Waals surface area contributed by atoms with E-state index in [0.29, 0.717) is 0 Å². The van der Waals surface area contributed by atoms with Crippen LogP contribution < -0.4 is 5.32 Å². The molecule has 1 unspecified atom stereocenters. The fourth-order valence-corrected chi connectivity index (χ4v) is 2.49. The van der Waals surface area contributed by atoms with Crippen LogP contribution in [-0.4, -0.2) is 42.6 Å². The van der Waals surface area contributed by atoms with Crippen molar-refractivity contribution >= 4 is 0 Å². The van der Waals surface area contributed by atoms with Crippen molar-refractivity contribution < 1.29 is 0 Å². The minimum absolute atomic E-state index is 0.762. The van der Waals surface area contributed by atoms with Gasteiger partial charge in [-0.05, 0) is 57.5 Å². The topological polar surface area (TPSA) is 31.1 Å². The van der Waals surface area contributed by atoms with Crippen LogP contribution >= 0.6 is 0 Å². The lowest BCUT2D eigenvalue weighted by Gasteiger charge is -2.25. The number of aromatic amines is 1. The van der Waals surface area contributed by atoms with Gasteiger partial charge in [-0.15, -0.1) is 0 Å². The normalized spacial score (nSPS) is 20.9. The smallest absolute Gasteiger partial charge is 0.00792 e.